The molecule has 0 unspecified atom stereocenters. The van der Waals surface area contributed by atoms with E-state index in [1.165, 1.54) is 4.90 Å². The fourth-order valence-corrected chi connectivity index (χ4v) is 7.86. The van der Waals surface area contributed by atoms with Gasteiger partial charge >= 0.3 is 0 Å². The molecule has 2 aliphatic carbocycles. The molecule has 1 aromatic heterocycles. The van der Waals surface area contributed by atoms with E-state index in [9.17, 15) is 22.8 Å². The summed E-state index contributed by atoms with van der Waals surface area (Å²) in [7, 11) is -3.87. The van der Waals surface area contributed by atoms with Crippen molar-refractivity contribution in [3.8, 4) is 5.88 Å². The molecule has 1 saturated heterocycles. The minimum absolute atomic E-state index is 0.164. The first-order chi connectivity index (χ1) is 20.5. The normalized spacial score (nSPS) is 31.7. The fourth-order valence-electron chi connectivity index (χ4n) is 6.53. The molecule has 0 radical (unpaired) electrons. The second kappa shape index (κ2) is 11.3. The van der Waals surface area contributed by atoms with Crippen LogP contribution in [0.4, 0.5) is 0 Å². The third-order valence-electron chi connectivity index (χ3n) is 9.81. The largest absolute Gasteiger partial charge is 0.472 e. The van der Waals surface area contributed by atoms with Crippen LogP contribution in [-0.2, 0) is 24.4 Å². The van der Waals surface area contributed by atoms with E-state index in [2.05, 4.69) is 9.71 Å². The number of sulfonamides is 1. The first-order valence-electron chi connectivity index (χ1n) is 15.4. The minimum Gasteiger partial charge on any atom is -0.472 e. The van der Waals surface area contributed by atoms with Gasteiger partial charge in [-0.2, -0.15) is 0 Å². The topological polar surface area (TPSA) is 149 Å². The van der Waals surface area contributed by atoms with Crippen molar-refractivity contribution in [1.29, 1.82) is 0 Å². The summed E-state index contributed by atoms with van der Waals surface area (Å²) < 4.78 is 33.6. The SMILES string of the molecule is CC1(S(=O)(=O)NC(=O)[C@]23CC(=O)[C@@H]4C[C@@H](Oc5nccc6ccccc56)CN4C(=O)[C@@H](N)CCCCC/C=C\[C@@H]2C3)CC1. The standard InChI is InChI=1S/C32H40N4O6S/c1-31(14-15-31)43(40,41)35-30(39)32-18-22(32)10-5-3-2-4-6-12-25(33)29(38)36-20-23(17-26(36)27(37)19-32)42-28-24-11-8-7-9-21(24)13-16-34-28/h5,7-11,13,16,22-23,25-26H,2-4,6,12,14-15,17-20,33H2,1H3,(H,35,39)/b10-5-/t22-,23-,25+,26+,32-/m1/s1. The number of pyridine rings is 1. The third-order valence-corrected chi connectivity index (χ3v) is 12.0. The maximum Gasteiger partial charge on any atom is 0.240 e. The van der Waals surface area contributed by atoms with Crippen molar-refractivity contribution in [2.45, 2.75) is 94.1 Å². The Kier molecular flexibility index (Phi) is 7.83. The van der Waals surface area contributed by atoms with Crippen molar-refractivity contribution in [3.05, 3.63) is 48.7 Å². The number of aromatic nitrogens is 1. The lowest BCUT2D eigenvalue weighted by Crippen LogP contribution is -2.50. The quantitative estimate of drug-likeness (QED) is 0.491. The minimum atomic E-state index is -3.87. The molecule has 10 nitrogen and oxygen atoms in total. The smallest absolute Gasteiger partial charge is 0.240 e. The molecular formula is C32H40N4O6S. The fraction of sp³-hybridized carbons (Fsp3) is 0.562. The van der Waals surface area contributed by atoms with Gasteiger partial charge in [0.2, 0.25) is 27.7 Å². The van der Waals surface area contributed by atoms with Crippen LogP contribution >= 0.6 is 0 Å². The molecule has 2 aliphatic heterocycles. The third kappa shape index (κ3) is 5.81. The van der Waals surface area contributed by atoms with E-state index in [1.807, 2.05) is 42.5 Å². The number of carbonyl (C=O) groups excluding carboxylic acids is 3. The number of hydrogen-bond acceptors (Lipinski definition) is 8. The predicted octanol–water partition coefficient (Wildman–Crippen LogP) is 3.39. The number of ether oxygens (including phenoxy) is 1. The number of benzene rings is 1. The van der Waals surface area contributed by atoms with Crippen molar-refractivity contribution in [2.24, 2.45) is 17.1 Å². The lowest BCUT2D eigenvalue weighted by molar-refractivity contribution is -0.140. The zero-order chi connectivity index (χ0) is 30.4. The number of nitrogens with two attached hydrogens (primary N) is 1. The zero-order valence-electron chi connectivity index (χ0n) is 24.5. The summed E-state index contributed by atoms with van der Waals surface area (Å²) in [6.45, 7) is 1.80. The van der Waals surface area contributed by atoms with E-state index >= 15 is 0 Å². The molecule has 2 saturated carbocycles. The summed E-state index contributed by atoms with van der Waals surface area (Å²) in [4.78, 5) is 47.3. The van der Waals surface area contributed by atoms with Gasteiger partial charge in [0, 0.05) is 24.4 Å². The molecule has 43 heavy (non-hydrogen) atoms. The number of amides is 2. The number of Topliss-reactive ketones (excluding diaryl/α,β-unsaturated/α-hetero) is 1. The van der Waals surface area contributed by atoms with Gasteiger partial charge in [-0.05, 0) is 68.9 Å². The van der Waals surface area contributed by atoms with E-state index in [0.29, 0.717) is 31.6 Å². The first kappa shape index (κ1) is 29.7. The summed E-state index contributed by atoms with van der Waals surface area (Å²) in [5.41, 5.74) is 5.19. The Hall–Kier alpha value is -3.31. The highest BCUT2D eigenvalue weighted by molar-refractivity contribution is 7.91. The number of allylic oxidation sites excluding steroid dienone is 2. The van der Waals surface area contributed by atoms with Crippen LogP contribution in [0.25, 0.3) is 10.8 Å². The van der Waals surface area contributed by atoms with Gasteiger partial charge in [0.1, 0.15) is 6.10 Å². The zero-order valence-corrected chi connectivity index (χ0v) is 25.4. The first-order valence-corrected chi connectivity index (χ1v) is 16.8. The van der Waals surface area contributed by atoms with Crippen LogP contribution in [0.3, 0.4) is 0 Å². The lowest BCUT2D eigenvalue weighted by atomic mass is 9.91. The van der Waals surface area contributed by atoms with Crippen LogP contribution in [0.2, 0.25) is 0 Å². The molecule has 3 fully saturated rings. The molecule has 6 rings (SSSR count). The van der Waals surface area contributed by atoms with Gasteiger partial charge in [0.15, 0.2) is 5.78 Å². The van der Waals surface area contributed by atoms with Crippen LogP contribution in [0.1, 0.15) is 71.1 Å². The van der Waals surface area contributed by atoms with Crippen LogP contribution in [-0.4, -0.2) is 65.4 Å². The summed E-state index contributed by atoms with van der Waals surface area (Å²) in [6.07, 6.45) is 10.5. The monoisotopic (exact) mass is 608 g/mol. The molecular weight excluding hydrogens is 568 g/mol. The van der Waals surface area contributed by atoms with Gasteiger partial charge in [0.05, 0.1) is 28.8 Å². The van der Waals surface area contributed by atoms with Gasteiger partial charge in [-0.25, -0.2) is 13.4 Å². The molecule has 0 bridgehead atoms. The van der Waals surface area contributed by atoms with Gasteiger partial charge in [-0.1, -0.05) is 43.2 Å². The van der Waals surface area contributed by atoms with Crippen molar-refractivity contribution < 1.29 is 27.5 Å². The Morgan fingerprint density at radius 2 is 1.93 bits per heavy atom. The van der Waals surface area contributed by atoms with E-state index in [0.717, 1.165) is 36.5 Å². The summed E-state index contributed by atoms with van der Waals surface area (Å²) >= 11 is 0. The predicted molar refractivity (Wildman–Crippen MR) is 161 cm³/mol. The summed E-state index contributed by atoms with van der Waals surface area (Å²) in [5.74, 6) is -1.04. The molecule has 11 heteroatoms. The Labute approximate surface area is 252 Å². The Bertz CT molecular complexity index is 1570. The Morgan fingerprint density at radius 1 is 1.14 bits per heavy atom. The second-order valence-electron chi connectivity index (χ2n) is 13.0. The Balaban J connectivity index is 1.27. The van der Waals surface area contributed by atoms with Gasteiger partial charge in [0.25, 0.3) is 0 Å². The molecule has 2 amide bonds. The second-order valence-corrected chi connectivity index (χ2v) is 15.2. The van der Waals surface area contributed by atoms with Crippen LogP contribution in [0.5, 0.6) is 5.88 Å². The van der Waals surface area contributed by atoms with Crippen LogP contribution in [0.15, 0.2) is 48.7 Å². The molecule has 1 aromatic carbocycles. The van der Waals surface area contributed by atoms with Crippen LogP contribution in [0, 0.1) is 11.3 Å². The molecule has 4 aliphatic rings. The number of fused-ring (bicyclic) bond motifs is 3. The maximum atomic E-state index is 14.1. The summed E-state index contributed by atoms with van der Waals surface area (Å²) in [6, 6.07) is 8.01. The van der Waals surface area contributed by atoms with Crippen molar-refractivity contribution in [3.63, 3.8) is 0 Å². The molecule has 3 heterocycles. The number of ketones is 1. The lowest BCUT2D eigenvalue weighted by Gasteiger charge is -2.27. The molecule has 2 aromatic rings. The molecule has 3 N–H and O–H groups in total. The maximum absolute atomic E-state index is 14.1. The number of nitrogens with zero attached hydrogens (tertiary/aromatic N) is 2. The number of carbonyl (C=O) groups is 3. The average molecular weight is 609 g/mol. The van der Waals surface area contributed by atoms with E-state index < -0.39 is 44.3 Å². The number of rotatable bonds is 5. The van der Waals surface area contributed by atoms with Crippen molar-refractivity contribution >= 4 is 38.4 Å². The van der Waals surface area contributed by atoms with Gasteiger partial charge in [-0.15, -0.1) is 0 Å². The number of nitrogens with one attached hydrogen (secondary N) is 1. The summed E-state index contributed by atoms with van der Waals surface area (Å²) in [5, 5.41) is 1.79. The van der Waals surface area contributed by atoms with Crippen molar-refractivity contribution in [2.75, 3.05) is 6.54 Å². The molecule has 0 spiro atoms. The van der Waals surface area contributed by atoms with Crippen molar-refractivity contribution in [1.82, 2.24) is 14.6 Å². The molecule has 5 atom stereocenters. The molecule has 230 valence electrons. The average Bonchev–Trinajstić information content (AvgIpc) is 3.86. The van der Waals surface area contributed by atoms with E-state index in [1.54, 1.807) is 13.1 Å². The Morgan fingerprint density at radius 3 is 2.72 bits per heavy atom. The highest BCUT2D eigenvalue weighted by Crippen LogP contribution is 2.57. The number of hydrogen-bond donors (Lipinski definition) is 2. The highest BCUT2D eigenvalue weighted by Gasteiger charge is 2.62. The van der Waals surface area contributed by atoms with E-state index in [-0.39, 0.29) is 37.0 Å². The van der Waals surface area contributed by atoms with Crippen LogP contribution < -0.4 is 15.2 Å². The highest BCUT2D eigenvalue weighted by atomic mass is 32.2. The van der Waals surface area contributed by atoms with Gasteiger partial charge < -0.3 is 15.4 Å². The van der Waals surface area contributed by atoms with Gasteiger partial charge in [-0.3, -0.25) is 19.1 Å². The van der Waals surface area contributed by atoms with E-state index in [4.69, 9.17) is 10.5 Å².